The van der Waals surface area contributed by atoms with Crippen molar-refractivity contribution in [3.8, 4) is 11.1 Å². The zero-order chi connectivity index (χ0) is 22.4. The molecule has 0 aliphatic carbocycles. The maximum absolute atomic E-state index is 15.0. The lowest BCUT2D eigenvalue weighted by Crippen LogP contribution is -2.31. The van der Waals surface area contributed by atoms with E-state index in [1.54, 1.807) is 29.9 Å². The molecule has 5 rings (SSSR count). The molecule has 3 aromatic heterocycles. The second-order valence-corrected chi connectivity index (χ2v) is 8.00. The van der Waals surface area contributed by atoms with Crippen LogP contribution in [0, 0.1) is 11.8 Å². The summed E-state index contributed by atoms with van der Waals surface area (Å²) in [5.74, 6) is -1.40. The number of aryl methyl sites for hydroxylation is 1. The standard InChI is InChI=1S/C23H22F2N4O3/c1-28-20-10-26-19-9-18(24)16(15-6-5-13(11-31-2)27-22(15)25)8-17(19)21(20)29(23(28)30)14-4-3-7-32-12-14/h5-6,8-10,14H,3-4,7,11-12H2,1-2H3/t14-/m1/s1. The van der Waals surface area contributed by atoms with E-state index in [4.69, 9.17) is 9.47 Å². The summed E-state index contributed by atoms with van der Waals surface area (Å²) < 4.78 is 43.6. The topological polar surface area (TPSA) is 71.2 Å². The Hall–Kier alpha value is -3.17. The largest absolute Gasteiger partial charge is 0.379 e. The summed E-state index contributed by atoms with van der Waals surface area (Å²) in [6, 6.07) is 5.77. The summed E-state index contributed by atoms with van der Waals surface area (Å²) in [4.78, 5) is 21.3. The molecule has 0 amide bonds. The predicted molar refractivity (Wildman–Crippen MR) is 115 cm³/mol. The molecule has 4 aromatic rings. The minimum absolute atomic E-state index is 0.0343. The zero-order valence-corrected chi connectivity index (χ0v) is 17.8. The first kappa shape index (κ1) is 20.7. The third-order valence-electron chi connectivity index (χ3n) is 5.99. The number of hydrogen-bond donors (Lipinski definition) is 0. The van der Waals surface area contributed by atoms with Crippen molar-refractivity contribution in [2.75, 3.05) is 20.3 Å². The summed E-state index contributed by atoms with van der Waals surface area (Å²) in [5, 5.41) is 0.572. The minimum atomic E-state index is -0.788. The zero-order valence-electron chi connectivity index (χ0n) is 17.8. The Morgan fingerprint density at radius 2 is 2.09 bits per heavy atom. The van der Waals surface area contributed by atoms with Crippen LogP contribution in [0.4, 0.5) is 8.78 Å². The van der Waals surface area contributed by atoms with Crippen LogP contribution in [0.1, 0.15) is 24.6 Å². The molecule has 9 heteroatoms. The highest BCUT2D eigenvalue weighted by Crippen LogP contribution is 2.33. The van der Waals surface area contributed by atoms with Gasteiger partial charge in [-0.3, -0.25) is 14.1 Å². The first-order valence-electron chi connectivity index (χ1n) is 10.4. The summed E-state index contributed by atoms with van der Waals surface area (Å²) >= 11 is 0. The number of halogens is 2. The highest BCUT2D eigenvalue weighted by molar-refractivity contribution is 6.04. The Bertz CT molecular complexity index is 1390. The molecule has 0 spiro atoms. The fraction of sp³-hybridized carbons (Fsp3) is 0.348. The van der Waals surface area contributed by atoms with Crippen LogP contribution in [0.15, 0.2) is 35.3 Å². The van der Waals surface area contributed by atoms with E-state index in [2.05, 4.69) is 9.97 Å². The van der Waals surface area contributed by atoms with Crippen molar-refractivity contribution in [1.82, 2.24) is 19.1 Å². The highest BCUT2D eigenvalue weighted by Gasteiger charge is 2.24. The summed E-state index contributed by atoms with van der Waals surface area (Å²) in [7, 11) is 3.17. The molecule has 0 N–H and O–H groups in total. The third-order valence-corrected chi connectivity index (χ3v) is 5.99. The van der Waals surface area contributed by atoms with Crippen LogP contribution in [-0.4, -0.2) is 39.4 Å². The fourth-order valence-electron chi connectivity index (χ4n) is 4.42. The van der Waals surface area contributed by atoms with Gasteiger partial charge in [-0.1, -0.05) is 0 Å². The van der Waals surface area contributed by atoms with Gasteiger partial charge in [-0.25, -0.2) is 14.2 Å². The van der Waals surface area contributed by atoms with Gasteiger partial charge in [0, 0.05) is 43.3 Å². The molecule has 1 aliphatic heterocycles. The van der Waals surface area contributed by atoms with Crippen molar-refractivity contribution >= 4 is 21.9 Å². The van der Waals surface area contributed by atoms with Crippen LogP contribution in [0.3, 0.4) is 0 Å². The van der Waals surface area contributed by atoms with Gasteiger partial charge in [0.15, 0.2) is 0 Å². The molecule has 32 heavy (non-hydrogen) atoms. The highest BCUT2D eigenvalue weighted by atomic mass is 19.1. The average molecular weight is 440 g/mol. The molecule has 0 unspecified atom stereocenters. The summed E-state index contributed by atoms with van der Waals surface area (Å²) in [6.45, 7) is 1.25. The van der Waals surface area contributed by atoms with Gasteiger partial charge in [0.25, 0.3) is 0 Å². The SMILES string of the molecule is COCc1ccc(-c2cc3c(cc2F)ncc2c3n([C@@H]3CCCOC3)c(=O)n2C)c(F)n1. The average Bonchev–Trinajstić information content (AvgIpc) is 3.05. The Kier molecular flexibility index (Phi) is 5.22. The molecule has 0 bridgehead atoms. The number of pyridine rings is 2. The van der Waals surface area contributed by atoms with Gasteiger partial charge in [0.05, 0.1) is 47.7 Å². The van der Waals surface area contributed by atoms with Crippen molar-refractivity contribution < 1.29 is 18.3 Å². The monoisotopic (exact) mass is 440 g/mol. The van der Waals surface area contributed by atoms with Crippen LogP contribution in [0.2, 0.25) is 0 Å². The molecular weight excluding hydrogens is 418 g/mol. The molecule has 0 radical (unpaired) electrons. The third kappa shape index (κ3) is 3.28. The van der Waals surface area contributed by atoms with E-state index in [0.717, 1.165) is 12.8 Å². The van der Waals surface area contributed by atoms with Gasteiger partial charge in [-0.05, 0) is 31.0 Å². The van der Waals surface area contributed by atoms with Crippen LogP contribution in [0.5, 0.6) is 0 Å². The Morgan fingerprint density at radius 3 is 2.81 bits per heavy atom. The van der Waals surface area contributed by atoms with Crippen molar-refractivity contribution in [2.45, 2.75) is 25.5 Å². The van der Waals surface area contributed by atoms with Crippen LogP contribution >= 0.6 is 0 Å². The Morgan fingerprint density at radius 1 is 1.25 bits per heavy atom. The number of hydrogen-bond acceptors (Lipinski definition) is 5. The van der Waals surface area contributed by atoms with Crippen LogP contribution < -0.4 is 5.69 Å². The number of imidazole rings is 1. The minimum Gasteiger partial charge on any atom is -0.379 e. The number of ether oxygens (including phenoxy) is 2. The maximum atomic E-state index is 15.0. The molecule has 1 atom stereocenters. The molecule has 1 aliphatic rings. The predicted octanol–water partition coefficient (Wildman–Crippen LogP) is 3.73. The van der Waals surface area contributed by atoms with Crippen LogP contribution in [-0.2, 0) is 23.1 Å². The molecule has 4 heterocycles. The number of nitrogens with zero attached hydrogens (tertiary/aromatic N) is 4. The number of aromatic nitrogens is 4. The van der Waals surface area contributed by atoms with Gasteiger partial charge in [-0.15, -0.1) is 0 Å². The number of rotatable bonds is 4. The number of fused-ring (bicyclic) bond motifs is 3. The number of benzene rings is 1. The van der Waals surface area contributed by atoms with Crippen molar-refractivity contribution in [1.29, 1.82) is 0 Å². The van der Waals surface area contributed by atoms with E-state index in [0.29, 0.717) is 40.8 Å². The molecule has 0 saturated carbocycles. The van der Waals surface area contributed by atoms with E-state index >= 15 is 4.39 Å². The lowest BCUT2D eigenvalue weighted by molar-refractivity contribution is 0.0593. The lowest BCUT2D eigenvalue weighted by Gasteiger charge is -2.23. The second kappa shape index (κ2) is 8.07. The molecule has 1 saturated heterocycles. The molecular formula is C23H22F2N4O3. The maximum Gasteiger partial charge on any atom is 0.329 e. The van der Waals surface area contributed by atoms with Gasteiger partial charge >= 0.3 is 5.69 Å². The smallest absolute Gasteiger partial charge is 0.329 e. The van der Waals surface area contributed by atoms with E-state index < -0.39 is 11.8 Å². The second-order valence-electron chi connectivity index (χ2n) is 8.00. The summed E-state index contributed by atoms with van der Waals surface area (Å²) in [5.41, 5.74) is 1.97. The van der Waals surface area contributed by atoms with Gasteiger partial charge < -0.3 is 9.47 Å². The van der Waals surface area contributed by atoms with Crippen molar-refractivity contribution in [2.24, 2.45) is 7.05 Å². The normalized spacial score (nSPS) is 16.8. The molecule has 166 valence electrons. The molecule has 1 aromatic carbocycles. The van der Waals surface area contributed by atoms with E-state index in [-0.39, 0.29) is 29.5 Å². The number of methoxy groups -OCH3 is 1. The van der Waals surface area contributed by atoms with Gasteiger partial charge in [-0.2, -0.15) is 4.39 Å². The van der Waals surface area contributed by atoms with Crippen molar-refractivity contribution in [3.05, 3.63) is 58.4 Å². The first-order chi connectivity index (χ1) is 15.5. The van der Waals surface area contributed by atoms with Gasteiger partial charge in [0.1, 0.15) is 5.82 Å². The molecule has 1 fully saturated rings. The first-order valence-corrected chi connectivity index (χ1v) is 10.4. The fourth-order valence-corrected chi connectivity index (χ4v) is 4.42. The van der Waals surface area contributed by atoms with Crippen molar-refractivity contribution in [3.63, 3.8) is 0 Å². The Balaban J connectivity index is 1.77. The molecule has 7 nitrogen and oxygen atoms in total. The van der Waals surface area contributed by atoms with Crippen LogP contribution in [0.25, 0.3) is 33.1 Å². The Labute approximate surface area is 182 Å². The van der Waals surface area contributed by atoms with Gasteiger partial charge in [0.2, 0.25) is 5.95 Å². The summed E-state index contributed by atoms with van der Waals surface area (Å²) in [6.07, 6.45) is 3.22. The quantitative estimate of drug-likeness (QED) is 0.453. The van der Waals surface area contributed by atoms with E-state index in [1.165, 1.54) is 23.8 Å². The van der Waals surface area contributed by atoms with E-state index in [9.17, 15) is 9.18 Å². The lowest BCUT2D eigenvalue weighted by atomic mass is 10.0. The van der Waals surface area contributed by atoms with E-state index in [1.807, 2.05) is 0 Å².